The second-order valence-corrected chi connectivity index (χ2v) is 9.84. The molecule has 0 saturated heterocycles. The van der Waals surface area contributed by atoms with Crippen molar-refractivity contribution in [2.24, 2.45) is 0 Å². The Labute approximate surface area is 198 Å². The van der Waals surface area contributed by atoms with E-state index >= 15 is 0 Å². The number of rotatable bonds is 13. The molecular formula is C22H36Cl2N2O4S. The van der Waals surface area contributed by atoms with Crippen molar-refractivity contribution < 1.29 is 22.2 Å². The summed E-state index contributed by atoms with van der Waals surface area (Å²) in [7, 11) is -3.92. The third kappa shape index (κ3) is 14.5. The Balaban J connectivity index is 0.00000161. The van der Waals surface area contributed by atoms with E-state index in [4.69, 9.17) is 53.1 Å². The quantitative estimate of drug-likeness (QED) is 0.138. The number of hydrogen-bond acceptors (Lipinski definition) is 5. The molecule has 31 heavy (non-hydrogen) atoms. The van der Waals surface area contributed by atoms with Gasteiger partial charge in [-0.3, -0.25) is 0 Å². The van der Waals surface area contributed by atoms with Crippen LogP contribution in [0.15, 0.2) is 12.1 Å². The summed E-state index contributed by atoms with van der Waals surface area (Å²) in [5.41, 5.74) is 6.28. The molecule has 1 aromatic carbocycles. The van der Waals surface area contributed by atoms with Gasteiger partial charge in [-0.05, 0) is 25.0 Å². The molecule has 0 aliphatic heterocycles. The zero-order valence-corrected chi connectivity index (χ0v) is 21.2. The number of quaternary nitrogens is 1. The summed E-state index contributed by atoms with van der Waals surface area (Å²) in [6, 6.07) is 3.33. The van der Waals surface area contributed by atoms with E-state index in [1.165, 1.54) is 38.8 Å². The Morgan fingerprint density at radius 1 is 1.06 bits per heavy atom. The van der Waals surface area contributed by atoms with Crippen LogP contribution in [0.4, 0.5) is 5.69 Å². The van der Waals surface area contributed by atoms with Crippen LogP contribution in [0.2, 0.25) is 10.0 Å². The SMILES string of the molecule is C#CCC[N+](CCCC)(CCCC)CCCOc1c(Cl)cc(N)cc1Cl.CS(=O)(=O)[O-]. The number of anilines is 1. The number of nitrogen functional groups attached to an aromatic ring is 1. The maximum Gasteiger partial charge on any atom is 0.156 e. The van der Waals surface area contributed by atoms with Crippen molar-refractivity contribution >= 4 is 39.0 Å². The van der Waals surface area contributed by atoms with Crippen LogP contribution in [0.5, 0.6) is 5.75 Å². The smallest absolute Gasteiger partial charge is 0.156 e. The highest BCUT2D eigenvalue weighted by molar-refractivity contribution is 7.84. The van der Waals surface area contributed by atoms with Crippen LogP contribution in [0.25, 0.3) is 0 Å². The molecule has 9 heteroatoms. The molecule has 1 rings (SSSR count). The van der Waals surface area contributed by atoms with Crippen molar-refractivity contribution in [2.45, 2.75) is 52.4 Å². The van der Waals surface area contributed by atoms with E-state index in [0.717, 1.165) is 30.4 Å². The minimum Gasteiger partial charge on any atom is -0.748 e. The summed E-state index contributed by atoms with van der Waals surface area (Å²) in [5, 5.41) is 0.917. The van der Waals surface area contributed by atoms with Gasteiger partial charge >= 0.3 is 0 Å². The fraction of sp³-hybridized carbons (Fsp3) is 0.636. The lowest BCUT2D eigenvalue weighted by Gasteiger charge is -2.39. The largest absolute Gasteiger partial charge is 0.748 e. The topological polar surface area (TPSA) is 92.5 Å². The predicted octanol–water partition coefficient (Wildman–Crippen LogP) is 4.95. The van der Waals surface area contributed by atoms with E-state index in [0.29, 0.717) is 34.3 Å². The first-order chi connectivity index (χ1) is 14.5. The van der Waals surface area contributed by atoms with Crippen molar-refractivity contribution in [1.29, 1.82) is 0 Å². The number of halogens is 2. The fourth-order valence-electron chi connectivity index (χ4n) is 3.25. The van der Waals surface area contributed by atoms with Gasteiger partial charge in [-0.15, -0.1) is 12.3 Å². The van der Waals surface area contributed by atoms with Crippen molar-refractivity contribution in [1.82, 2.24) is 0 Å². The van der Waals surface area contributed by atoms with Gasteiger partial charge in [-0.25, -0.2) is 8.42 Å². The van der Waals surface area contributed by atoms with Gasteiger partial charge in [0.25, 0.3) is 0 Å². The first kappa shape index (κ1) is 29.8. The third-order valence-corrected chi connectivity index (χ3v) is 5.31. The lowest BCUT2D eigenvalue weighted by molar-refractivity contribution is -0.928. The molecule has 2 N–H and O–H groups in total. The molecule has 0 radical (unpaired) electrons. The van der Waals surface area contributed by atoms with Crippen LogP contribution >= 0.6 is 23.2 Å². The van der Waals surface area contributed by atoms with Crippen molar-refractivity contribution in [2.75, 3.05) is 44.8 Å². The van der Waals surface area contributed by atoms with E-state index in [2.05, 4.69) is 19.8 Å². The minimum atomic E-state index is -3.92. The van der Waals surface area contributed by atoms with Gasteiger partial charge in [0.2, 0.25) is 0 Å². The van der Waals surface area contributed by atoms with Crippen LogP contribution in [0.1, 0.15) is 52.4 Å². The first-order valence-corrected chi connectivity index (χ1v) is 13.1. The highest BCUT2D eigenvalue weighted by Gasteiger charge is 2.25. The molecule has 0 heterocycles. The molecule has 0 aliphatic carbocycles. The molecule has 0 saturated carbocycles. The molecule has 178 valence electrons. The van der Waals surface area contributed by atoms with E-state index in [1.807, 2.05) is 0 Å². The zero-order valence-electron chi connectivity index (χ0n) is 18.8. The highest BCUT2D eigenvalue weighted by Crippen LogP contribution is 2.35. The summed E-state index contributed by atoms with van der Waals surface area (Å²) in [5.74, 6) is 3.34. The molecule has 0 fully saturated rings. The summed E-state index contributed by atoms with van der Waals surface area (Å²) in [4.78, 5) is 0. The lowest BCUT2D eigenvalue weighted by atomic mass is 10.1. The average Bonchev–Trinajstić information content (AvgIpc) is 2.66. The first-order valence-electron chi connectivity index (χ1n) is 10.5. The number of unbranched alkanes of at least 4 members (excludes halogenated alkanes) is 2. The van der Waals surface area contributed by atoms with Crippen LogP contribution in [0.3, 0.4) is 0 Å². The Kier molecular flexibility index (Phi) is 15.0. The van der Waals surface area contributed by atoms with Gasteiger partial charge in [-0.2, -0.15) is 0 Å². The maximum absolute atomic E-state index is 9.08. The van der Waals surface area contributed by atoms with E-state index in [1.54, 1.807) is 12.1 Å². The molecule has 6 nitrogen and oxygen atoms in total. The van der Waals surface area contributed by atoms with E-state index in [9.17, 15) is 0 Å². The summed E-state index contributed by atoms with van der Waals surface area (Å²) in [6.07, 6.45) is 12.8. The van der Waals surface area contributed by atoms with E-state index < -0.39 is 10.1 Å². The lowest BCUT2D eigenvalue weighted by Crippen LogP contribution is -2.51. The normalized spacial score (nSPS) is 11.4. The molecule has 0 amide bonds. The standard InChI is InChI=1S/C21H33Cl2N2O.CH4O3S/c1-4-7-11-25(12-8-5-2,13-9-6-3)14-10-15-26-21-19(22)16-18(24)17-20(21)23;1-5(2,3)4/h1,16-17H,5-15,24H2,2-3H3;1H3,(H,2,3,4)/q+1;/p-1. The summed E-state index contributed by atoms with van der Waals surface area (Å²) < 4.78 is 34.2. The number of ether oxygens (including phenoxy) is 1. The molecule has 0 aliphatic rings. The minimum absolute atomic E-state index is 0.458. The Hall–Kier alpha value is -1.17. The van der Waals surface area contributed by atoms with Crippen LogP contribution < -0.4 is 10.5 Å². The van der Waals surface area contributed by atoms with Gasteiger partial charge in [0.05, 0.1) is 59.4 Å². The molecule has 0 atom stereocenters. The van der Waals surface area contributed by atoms with Crippen LogP contribution in [-0.2, 0) is 10.1 Å². The Morgan fingerprint density at radius 2 is 1.52 bits per heavy atom. The Morgan fingerprint density at radius 3 is 1.94 bits per heavy atom. The molecule has 0 bridgehead atoms. The van der Waals surface area contributed by atoms with Gasteiger partial charge in [0.15, 0.2) is 5.75 Å². The van der Waals surface area contributed by atoms with Crippen molar-refractivity contribution in [3.05, 3.63) is 22.2 Å². The fourth-order valence-corrected chi connectivity index (χ4v) is 3.86. The van der Waals surface area contributed by atoms with Crippen molar-refractivity contribution in [3.63, 3.8) is 0 Å². The third-order valence-electron chi connectivity index (χ3n) is 4.75. The number of nitrogens with zero attached hydrogens (tertiary/aromatic N) is 1. The van der Waals surface area contributed by atoms with Gasteiger partial charge in [0.1, 0.15) is 0 Å². The van der Waals surface area contributed by atoms with Gasteiger partial charge < -0.3 is 19.5 Å². The highest BCUT2D eigenvalue weighted by atomic mass is 35.5. The predicted molar refractivity (Wildman–Crippen MR) is 130 cm³/mol. The van der Waals surface area contributed by atoms with Crippen LogP contribution in [0, 0.1) is 12.3 Å². The summed E-state index contributed by atoms with van der Waals surface area (Å²) >= 11 is 12.4. The number of terminal acetylenes is 1. The summed E-state index contributed by atoms with van der Waals surface area (Å²) in [6.45, 7) is 9.53. The monoisotopic (exact) mass is 494 g/mol. The zero-order chi connectivity index (χ0) is 23.9. The number of nitrogens with two attached hydrogens (primary N) is 1. The van der Waals surface area contributed by atoms with Crippen LogP contribution in [-0.4, -0.2) is 56.5 Å². The number of benzene rings is 1. The Bertz CT molecular complexity index is 756. The number of hydrogen-bond donors (Lipinski definition) is 1. The molecular weight excluding hydrogens is 459 g/mol. The van der Waals surface area contributed by atoms with E-state index in [-0.39, 0.29) is 0 Å². The molecule has 1 aromatic rings. The maximum atomic E-state index is 9.08. The van der Waals surface area contributed by atoms with Gasteiger partial charge in [-0.1, -0.05) is 49.9 Å². The molecule has 0 aromatic heterocycles. The molecule has 0 unspecified atom stereocenters. The van der Waals surface area contributed by atoms with Gasteiger partial charge in [0, 0.05) is 18.4 Å². The second-order valence-electron chi connectivity index (χ2n) is 7.62. The molecule has 0 spiro atoms. The average molecular weight is 496 g/mol. The second kappa shape index (κ2) is 15.6. The van der Waals surface area contributed by atoms with Crippen molar-refractivity contribution in [3.8, 4) is 18.1 Å².